The third-order valence-corrected chi connectivity index (χ3v) is 5.19. The number of likely N-dealkylation sites (tertiary alicyclic amines) is 2. The summed E-state index contributed by atoms with van der Waals surface area (Å²) in [5.41, 5.74) is -0.423. The molecular formula is C18H21F3N2O4. The Bertz CT molecular complexity index is 725. The molecule has 1 aromatic carbocycles. The first-order valence-corrected chi connectivity index (χ1v) is 8.77. The summed E-state index contributed by atoms with van der Waals surface area (Å²) in [7, 11) is 0. The van der Waals surface area contributed by atoms with Gasteiger partial charge < -0.3 is 20.0 Å². The van der Waals surface area contributed by atoms with Gasteiger partial charge in [0.15, 0.2) is 0 Å². The van der Waals surface area contributed by atoms with Crippen molar-refractivity contribution in [1.82, 2.24) is 9.80 Å². The third-order valence-electron chi connectivity index (χ3n) is 5.19. The molecule has 3 unspecified atom stereocenters. The van der Waals surface area contributed by atoms with Gasteiger partial charge in [-0.2, -0.15) is 13.2 Å². The fraction of sp³-hybridized carbons (Fsp3) is 0.556. The minimum atomic E-state index is -4.49. The highest BCUT2D eigenvalue weighted by atomic mass is 19.4. The number of carboxylic acid groups (broad SMARTS) is 1. The lowest BCUT2D eigenvalue weighted by molar-refractivity contribution is -0.143. The average Bonchev–Trinajstić information content (AvgIpc) is 3.06. The molecular weight excluding hydrogens is 365 g/mol. The monoisotopic (exact) mass is 386 g/mol. The van der Waals surface area contributed by atoms with E-state index in [-0.39, 0.29) is 32.1 Å². The molecule has 0 aromatic heterocycles. The van der Waals surface area contributed by atoms with Gasteiger partial charge >= 0.3 is 18.2 Å². The van der Waals surface area contributed by atoms with Crippen LogP contribution in [0.4, 0.5) is 18.0 Å². The standard InChI is InChI=1S/C18H21F3N2O4/c19-18(20,21)14-3-1-2-11(7-14)12-6-13(16(25)26)9-23(8-12)17(27)22-5-4-15(24)10-22/h1-3,7,12-13,15,24H,4-6,8-10H2,(H,25,26). The molecule has 9 heteroatoms. The molecule has 3 atom stereocenters. The molecule has 2 amide bonds. The zero-order valence-electron chi connectivity index (χ0n) is 14.5. The summed E-state index contributed by atoms with van der Waals surface area (Å²) < 4.78 is 39.0. The summed E-state index contributed by atoms with van der Waals surface area (Å²) in [6, 6.07) is 4.44. The highest BCUT2D eigenvalue weighted by Gasteiger charge is 2.38. The largest absolute Gasteiger partial charge is 0.481 e. The molecule has 1 aromatic rings. The van der Waals surface area contributed by atoms with Gasteiger partial charge in [0.25, 0.3) is 0 Å². The molecule has 0 bridgehead atoms. The number of carbonyl (C=O) groups is 2. The van der Waals surface area contributed by atoms with E-state index in [9.17, 15) is 33.0 Å². The Morgan fingerprint density at radius 2 is 1.85 bits per heavy atom. The normalized spacial score (nSPS) is 26.3. The minimum absolute atomic E-state index is 0.0101. The lowest BCUT2D eigenvalue weighted by atomic mass is 9.84. The van der Waals surface area contributed by atoms with Gasteiger partial charge in [-0.25, -0.2) is 4.79 Å². The van der Waals surface area contributed by atoms with Crippen molar-refractivity contribution in [3.8, 4) is 0 Å². The van der Waals surface area contributed by atoms with Gasteiger partial charge in [0, 0.05) is 32.1 Å². The molecule has 2 aliphatic rings. The molecule has 3 rings (SSSR count). The summed E-state index contributed by atoms with van der Waals surface area (Å²) in [6.07, 6.45) is -4.46. The average molecular weight is 386 g/mol. The molecule has 0 radical (unpaired) electrons. The molecule has 2 heterocycles. The van der Waals surface area contributed by atoms with Crippen molar-refractivity contribution in [3.63, 3.8) is 0 Å². The summed E-state index contributed by atoms with van der Waals surface area (Å²) in [5, 5.41) is 19.0. The molecule has 6 nitrogen and oxygen atoms in total. The Hall–Kier alpha value is -2.29. The van der Waals surface area contributed by atoms with Crippen LogP contribution in [0.2, 0.25) is 0 Å². The van der Waals surface area contributed by atoms with E-state index in [1.54, 1.807) is 0 Å². The van der Waals surface area contributed by atoms with Crippen molar-refractivity contribution >= 4 is 12.0 Å². The fourth-order valence-corrected chi connectivity index (χ4v) is 3.76. The van der Waals surface area contributed by atoms with Gasteiger partial charge in [0.1, 0.15) is 0 Å². The van der Waals surface area contributed by atoms with E-state index in [0.29, 0.717) is 18.5 Å². The number of β-amino-alcohol motifs (C(OH)–C–C–N with tert-alkyl or cyclic N) is 1. The van der Waals surface area contributed by atoms with Crippen LogP contribution in [-0.4, -0.2) is 64.3 Å². The van der Waals surface area contributed by atoms with Crippen LogP contribution in [0.1, 0.15) is 29.9 Å². The maximum Gasteiger partial charge on any atom is 0.416 e. The maximum absolute atomic E-state index is 13.0. The first kappa shape index (κ1) is 19.5. The zero-order valence-corrected chi connectivity index (χ0v) is 14.5. The van der Waals surface area contributed by atoms with Crippen LogP contribution in [-0.2, 0) is 11.0 Å². The molecule has 0 spiro atoms. The van der Waals surface area contributed by atoms with E-state index in [2.05, 4.69) is 0 Å². The SMILES string of the molecule is O=C(O)C1CC(c2cccc(C(F)(F)F)c2)CN(C(=O)N2CCC(O)C2)C1. The number of benzene rings is 1. The van der Waals surface area contributed by atoms with E-state index in [0.717, 1.165) is 12.1 Å². The van der Waals surface area contributed by atoms with Gasteiger partial charge in [-0.3, -0.25) is 4.79 Å². The number of rotatable bonds is 2. The molecule has 148 valence electrons. The minimum Gasteiger partial charge on any atom is -0.481 e. The number of hydrogen-bond donors (Lipinski definition) is 2. The van der Waals surface area contributed by atoms with E-state index in [1.165, 1.54) is 21.9 Å². The van der Waals surface area contributed by atoms with Crippen LogP contribution in [0.3, 0.4) is 0 Å². The number of aliphatic hydroxyl groups excluding tert-OH is 1. The number of urea groups is 1. The number of carbonyl (C=O) groups excluding carboxylic acids is 1. The van der Waals surface area contributed by atoms with Gasteiger partial charge in [0.2, 0.25) is 0 Å². The molecule has 0 saturated carbocycles. The second-order valence-electron chi connectivity index (χ2n) is 7.17. The van der Waals surface area contributed by atoms with Gasteiger partial charge in [-0.05, 0) is 24.5 Å². The van der Waals surface area contributed by atoms with Crippen LogP contribution in [0.5, 0.6) is 0 Å². The Morgan fingerprint density at radius 1 is 1.11 bits per heavy atom. The fourth-order valence-electron chi connectivity index (χ4n) is 3.76. The van der Waals surface area contributed by atoms with Crippen molar-refractivity contribution in [2.24, 2.45) is 5.92 Å². The maximum atomic E-state index is 13.0. The van der Waals surface area contributed by atoms with Gasteiger partial charge in [0.05, 0.1) is 17.6 Å². The number of aliphatic carboxylic acids is 1. The van der Waals surface area contributed by atoms with Crippen LogP contribution >= 0.6 is 0 Å². The Labute approximate surface area is 154 Å². The highest BCUT2D eigenvalue weighted by molar-refractivity contribution is 5.77. The summed E-state index contributed by atoms with van der Waals surface area (Å²) >= 11 is 0. The van der Waals surface area contributed by atoms with Crippen molar-refractivity contribution in [2.45, 2.75) is 31.0 Å². The number of aliphatic hydroxyl groups is 1. The van der Waals surface area contributed by atoms with Crippen LogP contribution in [0.25, 0.3) is 0 Å². The third kappa shape index (κ3) is 4.35. The van der Waals surface area contributed by atoms with Crippen LogP contribution in [0.15, 0.2) is 24.3 Å². The molecule has 2 saturated heterocycles. The number of hydrogen-bond acceptors (Lipinski definition) is 3. The number of nitrogens with zero attached hydrogens (tertiary/aromatic N) is 2. The van der Waals surface area contributed by atoms with Gasteiger partial charge in [-0.15, -0.1) is 0 Å². The number of carboxylic acids is 1. The first-order chi connectivity index (χ1) is 12.6. The summed E-state index contributed by atoms with van der Waals surface area (Å²) in [4.78, 5) is 27.0. The molecule has 0 aliphatic carbocycles. The second kappa shape index (κ2) is 7.38. The van der Waals surface area contributed by atoms with Crippen molar-refractivity contribution < 1.29 is 33.0 Å². The number of piperidine rings is 1. The molecule has 2 fully saturated rings. The van der Waals surface area contributed by atoms with E-state index in [4.69, 9.17) is 0 Å². The Balaban J connectivity index is 1.83. The van der Waals surface area contributed by atoms with E-state index >= 15 is 0 Å². The van der Waals surface area contributed by atoms with Crippen molar-refractivity contribution in [2.75, 3.05) is 26.2 Å². The Morgan fingerprint density at radius 3 is 2.44 bits per heavy atom. The topological polar surface area (TPSA) is 81.1 Å². The molecule has 2 aliphatic heterocycles. The quantitative estimate of drug-likeness (QED) is 0.818. The van der Waals surface area contributed by atoms with Crippen molar-refractivity contribution in [1.29, 1.82) is 0 Å². The lowest BCUT2D eigenvalue weighted by Crippen LogP contribution is -2.50. The van der Waals surface area contributed by atoms with Crippen molar-refractivity contribution in [3.05, 3.63) is 35.4 Å². The molecule has 27 heavy (non-hydrogen) atoms. The summed E-state index contributed by atoms with van der Waals surface area (Å²) in [6.45, 7) is 0.719. The number of halogens is 3. The Kier molecular flexibility index (Phi) is 5.32. The predicted molar refractivity (Wildman–Crippen MR) is 89.1 cm³/mol. The highest BCUT2D eigenvalue weighted by Crippen LogP contribution is 2.35. The smallest absolute Gasteiger partial charge is 0.416 e. The number of alkyl halides is 3. The zero-order chi connectivity index (χ0) is 19.8. The van der Waals surface area contributed by atoms with Crippen LogP contribution < -0.4 is 0 Å². The first-order valence-electron chi connectivity index (χ1n) is 8.77. The lowest BCUT2D eigenvalue weighted by Gasteiger charge is -2.38. The van der Waals surface area contributed by atoms with Gasteiger partial charge in [-0.1, -0.05) is 18.2 Å². The number of amides is 2. The van der Waals surface area contributed by atoms with Crippen LogP contribution in [0, 0.1) is 5.92 Å². The predicted octanol–water partition coefficient (Wildman–Crippen LogP) is 2.38. The second-order valence-corrected chi connectivity index (χ2v) is 7.17. The summed E-state index contributed by atoms with van der Waals surface area (Å²) in [5.74, 6) is -2.43. The molecule has 2 N–H and O–H groups in total. The van der Waals surface area contributed by atoms with E-state index < -0.39 is 35.6 Å². The van der Waals surface area contributed by atoms with E-state index in [1.807, 2.05) is 0 Å².